The van der Waals surface area contributed by atoms with Crippen molar-refractivity contribution in [3.8, 4) is 11.3 Å². The van der Waals surface area contributed by atoms with Crippen LogP contribution in [0.25, 0.3) is 11.3 Å². The monoisotopic (exact) mass is 564 g/mol. The lowest BCUT2D eigenvalue weighted by Gasteiger charge is -2.26. The minimum Gasteiger partial charge on any atom is -0.459 e. The van der Waals surface area contributed by atoms with Crippen molar-refractivity contribution in [1.82, 2.24) is 15.2 Å². The molecule has 0 saturated carbocycles. The first-order chi connectivity index (χ1) is 18.4. The van der Waals surface area contributed by atoms with E-state index in [2.05, 4.69) is 22.5 Å². The highest BCUT2D eigenvalue weighted by Gasteiger charge is 2.41. The number of hydrogen-bond acceptors (Lipinski definition) is 4. The maximum Gasteiger partial charge on any atom is 0.226 e. The molecular weight excluding hydrogens is 539 g/mol. The van der Waals surface area contributed by atoms with Crippen LogP contribution < -0.4 is 10.6 Å². The van der Waals surface area contributed by atoms with Crippen LogP contribution in [0.3, 0.4) is 0 Å². The quantitative estimate of drug-likeness (QED) is 0.220. The van der Waals surface area contributed by atoms with Crippen molar-refractivity contribution < 1.29 is 9.21 Å². The van der Waals surface area contributed by atoms with Gasteiger partial charge < -0.3 is 20.0 Å². The van der Waals surface area contributed by atoms with E-state index in [4.69, 9.17) is 39.8 Å². The van der Waals surface area contributed by atoms with Gasteiger partial charge >= 0.3 is 0 Å². The molecule has 9 heteroatoms. The Morgan fingerprint density at radius 2 is 1.89 bits per heavy atom. The first-order valence-corrected chi connectivity index (χ1v) is 13.5. The molecule has 1 aliphatic rings. The number of rotatable bonds is 8. The van der Waals surface area contributed by atoms with Crippen molar-refractivity contribution >= 4 is 52.1 Å². The average Bonchev–Trinajstić information content (AvgIpc) is 3.54. The largest absolute Gasteiger partial charge is 0.459 e. The number of para-hydroxylation sites is 1. The van der Waals surface area contributed by atoms with Gasteiger partial charge in [0.25, 0.3) is 0 Å². The van der Waals surface area contributed by atoms with Crippen LogP contribution in [0.4, 0.5) is 5.69 Å². The predicted molar refractivity (Wildman–Crippen MR) is 155 cm³/mol. The number of benzene rings is 2. The second-order valence-corrected chi connectivity index (χ2v) is 10.2. The molecule has 0 unspecified atom stereocenters. The molecule has 6 nitrogen and oxygen atoms in total. The normalized spacial score (nSPS) is 16.9. The number of nitrogens with zero attached hydrogens (tertiary/aromatic N) is 2. The second-order valence-electron chi connectivity index (χ2n) is 8.96. The SMILES string of the molecule is CCc1ccccc1NC(=O)CCN1C(=S)N[C@@H](c2ccccn2)[C@@H]1c1ccc(-c2ccc(Cl)c(Cl)c2)o1. The van der Waals surface area contributed by atoms with Crippen LogP contribution in [-0.2, 0) is 11.2 Å². The topological polar surface area (TPSA) is 70.4 Å². The van der Waals surface area contributed by atoms with Gasteiger partial charge in [-0.1, -0.05) is 54.4 Å². The molecule has 1 amide bonds. The number of aryl methyl sites for hydroxylation is 1. The Hall–Kier alpha value is -3.39. The number of nitrogens with one attached hydrogen (secondary N) is 2. The molecule has 2 N–H and O–H groups in total. The number of furan rings is 1. The lowest BCUT2D eigenvalue weighted by atomic mass is 10.0. The number of pyridine rings is 1. The van der Waals surface area contributed by atoms with Gasteiger partial charge in [0.2, 0.25) is 5.91 Å². The van der Waals surface area contributed by atoms with Crippen molar-refractivity contribution in [2.45, 2.75) is 31.8 Å². The van der Waals surface area contributed by atoms with Crippen LogP contribution in [0.2, 0.25) is 10.0 Å². The summed E-state index contributed by atoms with van der Waals surface area (Å²) < 4.78 is 6.34. The fourth-order valence-corrected chi connectivity index (χ4v) is 5.29. The maximum absolute atomic E-state index is 12.9. The standard InChI is InChI=1S/C29H26Cl2N4O2S/c1-2-18-7-3-4-8-22(18)33-26(36)14-16-35-28(27(34-29(35)38)23-9-5-6-15-32-23)25-13-12-24(37-25)19-10-11-20(30)21(31)17-19/h3-13,15,17,27-28H,2,14,16H2,1H3,(H,33,36)(H,34,38)/t27-,28-/m0/s1. The molecular formula is C29H26Cl2N4O2S. The molecule has 5 rings (SSSR count). The molecule has 0 bridgehead atoms. The summed E-state index contributed by atoms with van der Waals surface area (Å²) in [5.74, 6) is 1.28. The first-order valence-electron chi connectivity index (χ1n) is 12.4. The third-order valence-electron chi connectivity index (χ3n) is 6.57. The van der Waals surface area contributed by atoms with Crippen molar-refractivity contribution in [3.05, 3.63) is 106 Å². The van der Waals surface area contributed by atoms with E-state index in [1.807, 2.05) is 65.6 Å². The first kappa shape index (κ1) is 26.2. The molecule has 1 aliphatic heterocycles. The second kappa shape index (κ2) is 11.6. The fourth-order valence-electron chi connectivity index (χ4n) is 4.66. The zero-order valence-electron chi connectivity index (χ0n) is 20.7. The van der Waals surface area contributed by atoms with E-state index in [1.54, 1.807) is 18.3 Å². The Labute approximate surface area is 237 Å². The molecule has 0 aliphatic carbocycles. The van der Waals surface area contributed by atoms with Crippen LogP contribution >= 0.6 is 35.4 Å². The van der Waals surface area contributed by atoms with Gasteiger partial charge in [0.15, 0.2) is 5.11 Å². The van der Waals surface area contributed by atoms with Crippen molar-refractivity contribution in [1.29, 1.82) is 0 Å². The Morgan fingerprint density at radius 3 is 2.66 bits per heavy atom. The van der Waals surface area contributed by atoms with Crippen molar-refractivity contribution in [2.75, 3.05) is 11.9 Å². The van der Waals surface area contributed by atoms with Gasteiger partial charge in [-0.3, -0.25) is 9.78 Å². The lowest BCUT2D eigenvalue weighted by molar-refractivity contribution is -0.116. The van der Waals surface area contributed by atoms with E-state index < -0.39 is 0 Å². The summed E-state index contributed by atoms with van der Waals surface area (Å²) in [4.78, 5) is 19.5. The number of carbonyl (C=O) groups is 1. The Balaban J connectivity index is 1.40. The minimum atomic E-state index is -0.301. The third-order valence-corrected chi connectivity index (χ3v) is 7.66. The molecule has 3 heterocycles. The van der Waals surface area contributed by atoms with Gasteiger partial charge in [-0.15, -0.1) is 0 Å². The Bertz CT molecular complexity index is 1460. The van der Waals surface area contributed by atoms with Crippen LogP contribution in [0.1, 0.15) is 42.4 Å². The van der Waals surface area contributed by atoms with Gasteiger partial charge in [0, 0.05) is 30.4 Å². The zero-order valence-corrected chi connectivity index (χ0v) is 23.0. The molecule has 2 aromatic carbocycles. The number of thiocarbonyl (C=S) groups is 1. The lowest BCUT2D eigenvalue weighted by Crippen LogP contribution is -2.32. The van der Waals surface area contributed by atoms with E-state index in [-0.39, 0.29) is 24.4 Å². The summed E-state index contributed by atoms with van der Waals surface area (Å²) in [5, 5.41) is 7.91. The Morgan fingerprint density at radius 1 is 1.08 bits per heavy atom. The van der Waals surface area contributed by atoms with Crippen LogP contribution in [-0.4, -0.2) is 27.4 Å². The summed E-state index contributed by atoms with van der Waals surface area (Å²) >= 11 is 18.1. The summed E-state index contributed by atoms with van der Waals surface area (Å²) in [6.07, 6.45) is 2.84. The Kier molecular flexibility index (Phi) is 7.98. The summed E-state index contributed by atoms with van der Waals surface area (Å²) in [7, 11) is 0. The van der Waals surface area contributed by atoms with Crippen LogP contribution in [0, 0.1) is 0 Å². The van der Waals surface area contributed by atoms with Gasteiger partial charge in [0.05, 0.1) is 21.8 Å². The molecule has 0 spiro atoms. The maximum atomic E-state index is 12.9. The highest BCUT2D eigenvalue weighted by atomic mass is 35.5. The number of carbonyl (C=O) groups excluding carboxylic acids is 1. The molecule has 194 valence electrons. The highest BCUT2D eigenvalue weighted by molar-refractivity contribution is 7.80. The van der Waals surface area contributed by atoms with Crippen LogP contribution in [0.15, 0.2) is 83.4 Å². The molecule has 1 fully saturated rings. The summed E-state index contributed by atoms with van der Waals surface area (Å²) in [5.41, 5.74) is 3.57. The minimum absolute atomic E-state index is 0.0790. The van der Waals surface area contributed by atoms with Gasteiger partial charge in [-0.05, 0) is 72.7 Å². The predicted octanol–water partition coefficient (Wildman–Crippen LogP) is 7.21. The highest BCUT2D eigenvalue weighted by Crippen LogP contribution is 2.41. The van der Waals surface area contributed by atoms with E-state index in [0.29, 0.717) is 33.2 Å². The van der Waals surface area contributed by atoms with E-state index >= 15 is 0 Å². The van der Waals surface area contributed by atoms with Crippen LogP contribution in [0.5, 0.6) is 0 Å². The van der Waals surface area contributed by atoms with Gasteiger partial charge in [-0.2, -0.15) is 0 Å². The number of halogens is 2. The molecule has 2 aromatic heterocycles. The third kappa shape index (κ3) is 5.55. The van der Waals surface area contributed by atoms with Gasteiger partial charge in [0.1, 0.15) is 17.6 Å². The molecule has 1 saturated heterocycles. The molecule has 38 heavy (non-hydrogen) atoms. The van der Waals surface area contributed by atoms with Gasteiger partial charge in [-0.25, -0.2) is 0 Å². The summed E-state index contributed by atoms with van der Waals surface area (Å²) in [6, 6.07) is 22.3. The smallest absolute Gasteiger partial charge is 0.226 e. The summed E-state index contributed by atoms with van der Waals surface area (Å²) in [6.45, 7) is 2.47. The molecule has 0 radical (unpaired) electrons. The van der Waals surface area contributed by atoms with E-state index in [0.717, 1.165) is 28.9 Å². The number of anilines is 1. The van der Waals surface area contributed by atoms with E-state index in [1.165, 1.54) is 0 Å². The zero-order chi connectivity index (χ0) is 26.6. The van der Waals surface area contributed by atoms with Crippen molar-refractivity contribution in [2.24, 2.45) is 0 Å². The number of hydrogen-bond donors (Lipinski definition) is 2. The van der Waals surface area contributed by atoms with Crippen molar-refractivity contribution in [3.63, 3.8) is 0 Å². The average molecular weight is 566 g/mol. The molecule has 4 aromatic rings. The number of aromatic nitrogens is 1. The molecule has 2 atom stereocenters. The van der Waals surface area contributed by atoms with E-state index in [9.17, 15) is 4.79 Å². The fraction of sp³-hybridized carbons (Fsp3) is 0.207. The number of amides is 1.